The van der Waals surface area contributed by atoms with E-state index in [4.69, 9.17) is 4.74 Å². The highest BCUT2D eigenvalue weighted by molar-refractivity contribution is 5.49. The SMILES string of the molecule is CCCOc1cc(C)c(C(C)CC(O)C(C)O)c(C)c1C. The first-order valence-corrected chi connectivity index (χ1v) is 7.89. The molecule has 3 nitrogen and oxygen atoms in total. The van der Waals surface area contributed by atoms with Crippen LogP contribution in [0.4, 0.5) is 0 Å². The van der Waals surface area contributed by atoms with Crippen LogP contribution < -0.4 is 4.74 Å². The van der Waals surface area contributed by atoms with Crippen molar-refractivity contribution in [1.29, 1.82) is 0 Å². The maximum absolute atomic E-state index is 9.91. The molecule has 120 valence electrons. The van der Waals surface area contributed by atoms with Gasteiger partial charge in [0, 0.05) is 0 Å². The molecule has 0 aliphatic rings. The fourth-order valence-corrected chi connectivity index (χ4v) is 2.86. The minimum atomic E-state index is -0.693. The molecule has 2 N–H and O–H groups in total. The van der Waals surface area contributed by atoms with Crippen LogP contribution >= 0.6 is 0 Å². The Morgan fingerprint density at radius 2 is 1.71 bits per heavy atom. The summed E-state index contributed by atoms with van der Waals surface area (Å²) in [6, 6.07) is 2.10. The van der Waals surface area contributed by atoms with Crippen LogP contribution in [-0.4, -0.2) is 29.0 Å². The summed E-state index contributed by atoms with van der Waals surface area (Å²) in [4.78, 5) is 0. The minimum Gasteiger partial charge on any atom is -0.493 e. The van der Waals surface area contributed by atoms with Crippen LogP contribution in [0.1, 0.15) is 61.8 Å². The third-order valence-corrected chi connectivity index (χ3v) is 4.21. The molecule has 3 unspecified atom stereocenters. The zero-order valence-corrected chi connectivity index (χ0v) is 14.2. The van der Waals surface area contributed by atoms with E-state index >= 15 is 0 Å². The van der Waals surface area contributed by atoms with Crippen LogP contribution in [0.2, 0.25) is 0 Å². The van der Waals surface area contributed by atoms with Crippen LogP contribution in [0.25, 0.3) is 0 Å². The Bertz CT molecular complexity index is 466. The molecule has 0 radical (unpaired) electrons. The summed E-state index contributed by atoms with van der Waals surface area (Å²) >= 11 is 0. The Kier molecular flexibility index (Phi) is 6.69. The van der Waals surface area contributed by atoms with Gasteiger partial charge in [-0.05, 0) is 74.8 Å². The molecule has 0 aliphatic carbocycles. The summed E-state index contributed by atoms with van der Waals surface area (Å²) in [6.07, 6.45) is 0.181. The molecule has 0 spiro atoms. The number of aryl methyl sites for hydroxylation is 1. The maximum atomic E-state index is 9.91. The minimum absolute atomic E-state index is 0.202. The van der Waals surface area contributed by atoms with Gasteiger partial charge in [-0.3, -0.25) is 0 Å². The van der Waals surface area contributed by atoms with Gasteiger partial charge >= 0.3 is 0 Å². The van der Waals surface area contributed by atoms with E-state index in [0.717, 1.165) is 18.8 Å². The summed E-state index contributed by atoms with van der Waals surface area (Å²) in [7, 11) is 0. The highest BCUT2D eigenvalue weighted by Gasteiger charge is 2.21. The van der Waals surface area contributed by atoms with E-state index in [-0.39, 0.29) is 5.92 Å². The van der Waals surface area contributed by atoms with Gasteiger partial charge in [-0.15, -0.1) is 0 Å². The average Bonchev–Trinajstić information content (AvgIpc) is 2.41. The molecule has 0 aliphatic heterocycles. The van der Waals surface area contributed by atoms with Gasteiger partial charge in [0.05, 0.1) is 18.8 Å². The molecule has 0 heterocycles. The average molecular weight is 294 g/mol. The number of ether oxygens (including phenoxy) is 1. The Balaban J connectivity index is 3.05. The van der Waals surface area contributed by atoms with E-state index in [1.165, 1.54) is 22.3 Å². The number of hydrogen-bond acceptors (Lipinski definition) is 3. The van der Waals surface area contributed by atoms with Gasteiger partial charge in [0.15, 0.2) is 0 Å². The molecular weight excluding hydrogens is 264 g/mol. The van der Waals surface area contributed by atoms with Gasteiger partial charge in [-0.25, -0.2) is 0 Å². The van der Waals surface area contributed by atoms with Crippen LogP contribution in [-0.2, 0) is 0 Å². The third kappa shape index (κ3) is 4.45. The van der Waals surface area contributed by atoms with Crippen molar-refractivity contribution in [2.24, 2.45) is 0 Å². The Morgan fingerprint density at radius 3 is 2.24 bits per heavy atom. The summed E-state index contributed by atoms with van der Waals surface area (Å²) < 4.78 is 5.81. The second-order valence-electron chi connectivity index (χ2n) is 6.15. The third-order valence-electron chi connectivity index (χ3n) is 4.21. The zero-order valence-electron chi connectivity index (χ0n) is 14.2. The Labute approximate surface area is 129 Å². The molecule has 0 fully saturated rings. The normalized spacial score (nSPS) is 15.6. The first kappa shape index (κ1) is 18.0. The fourth-order valence-electron chi connectivity index (χ4n) is 2.86. The molecule has 1 rings (SSSR count). The molecule has 21 heavy (non-hydrogen) atoms. The van der Waals surface area contributed by atoms with Crippen molar-refractivity contribution in [3.63, 3.8) is 0 Å². The molecule has 0 aromatic heterocycles. The largest absolute Gasteiger partial charge is 0.493 e. The van der Waals surface area contributed by atoms with Crippen LogP contribution in [0.3, 0.4) is 0 Å². The van der Waals surface area contributed by atoms with Crippen LogP contribution in [0.15, 0.2) is 6.07 Å². The summed E-state index contributed by atoms with van der Waals surface area (Å²) in [5.41, 5.74) is 4.85. The van der Waals surface area contributed by atoms with E-state index in [1.54, 1.807) is 6.92 Å². The van der Waals surface area contributed by atoms with E-state index in [1.807, 2.05) is 0 Å². The first-order chi connectivity index (χ1) is 9.79. The van der Waals surface area contributed by atoms with Crippen molar-refractivity contribution < 1.29 is 14.9 Å². The number of aliphatic hydroxyl groups excluding tert-OH is 2. The predicted octanol–water partition coefficient (Wildman–Crippen LogP) is 3.64. The van der Waals surface area contributed by atoms with E-state index in [2.05, 4.69) is 40.7 Å². The molecule has 3 heteroatoms. The molecule has 0 bridgehead atoms. The van der Waals surface area contributed by atoms with Gasteiger partial charge in [0.2, 0.25) is 0 Å². The molecule has 1 aromatic carbocycles. The monoisotopic (exact) mass is 294 g/mol. The van der Waals surface area contributed by atoms with Gasteiger partial charge in [-0.1, -0.05) is 13.8 Å². The van der Waals surface area contributed by atoms with Crippen LogP contribution in [0.5, 0.6) is 5.75 Å². The van der Waals surface area contributed by atoms with Crippen molar-refractivity contribution in [2.45, 2.75) is 72.5 Å². The molecule has 0 saturated carbocycles. The van der Waals surface area contributed by atoms with Gasteiger partial charge in [-0.2, -0.15) is 0 Å². The van der Waals surface area contributed by atoms with Crippen molar-refractivity contribution >= 4 is 0 Å². The second kappa shape index (κ2) is 7.81. The highest BCUT2D eigenvalue weighted by Crippen LogP contribution is 2.34. The number of benzene rings is 1. The predicted molar refractivity (Wildman–Crippen MR) is 87.2 cm³/mol. The zero-order chi connectivity index (χ0) is 16.2. The van der Waals surface area contributed by atoms with E-state index < -0.39 is 12.2 Å². The number of rotatable bonds is 7. The number of aliphatic hydroxyl groups is 2. The lowest BCUT2D eigenvalue weighted by atomic mass is 9.85. The Hall–Kier alpha value is -1.06. The lowest BCUT2D eigenvalue weighted by Gasteiger charge is -2.24. The summed E-state index contributed by atoms with van der Waals surface area (Å²) in [5.74, 6) is 1.16. The summed E-state index contributed by atoms with van der Waals surface area (Å²) in [5, 5.41) is 19.4. The van der Waals surface area contributed by atoms with E-state index in [9.17, 15) is 10.2 Å². The van der Waals surface area contributed by atoms with Gasteiger partial charge in [0.25, 0.3) is 0 Å². The second-order valence-corrected chi connectivity index (χ2v) is 6.15. The molecular formula is C18H30O3. The van der Waals surface area contributed by atoms with Gasteiger partial charge in [0.1, 0.15) is 5.75 Å². The molecule has 0 amide bonds. The van der Waals surface area contributed by atoms with Crippen molar-refractivity contribution in [1.82, 2.24) is 0 Å². The van der Waals surface area contributed by atoms with E-state index in [0.29, 0.717) is 6.42 Å². The molecule has 3 atom stereocenters. The van der Waals surface area contributed by atoms with Crippen molar-refractivity contribution in [3.05, 3.63) is 28.3 Å². The number of hydrogen-bond donors (Lipinski definition) is 2. The van der Waals surface area contributed by atoms with Crippen LogP contribution in [0, 0.1) is 20.8 Å². The summed E-state index contributed by atoms with van der Waals surface area (Å²) in [6.45, 7) is 12.9. The fraction of sp³-hybridized carbons (Fsp3) is 0.667. The van der Waals surface area contributed by atoms with Crippen molar-refractivity contribution in [3.8, 4) is 5.75 Å². The van der Waals surface area contributed by atoms with Crippen molar-refractivity contribution in [2.75, 3.05) is 6.61 Å². The topological polar surface area (TPSA) is 49.7 Å². The Morgan fingerprint density at radius 1 is 1.10 bits per heavy atom. The maximum Gasteiger partial charge on any atom is 0.122 e. The highest BCUT2D eigenvalue weighted by atomic mass is 16.5. The smallest absolute Gasteiger partial charge is 0.122 e. The molecule has 0 saturated heterocycles. The lowest BCUT2D eigenvalue weighted by molar-refractivity contribution is 0.0226. The standard InChI is InChI=1S/C18H30O3/c1-7-8-21-17-10-12(3)18(14(5)13(17)4)11(2)9-16(20)15(6)19/h10-11,15-16,19-20H,7-9H2,1-6H3. The first-order valence-electron chi connectivity index (χ1n) is 7.89. The quantitative estimate of drug-likeness (QED) is 0.807. The lowest BCUT2D eigenvalue weighted by Crippen LogP contribution is -2.24. The van der Waals surface area contributed by atoms with Gasteiger partial charge < -0.3 is 14.9 Å². The molecule has 1 aromatic rings.